The molecule has 4 aliphatic rings. The van der Waals surface area contributed by atoms with Crippen molar-refractivity contribution in [2.45, 2.75) is 38.5 Å². The van der Waals surface area contributed by atoms with E-state index < -0.39 is 0 Å². The molecular formula is C22H26ClN3O. The topological polar surface area (TPSA) is 32.3 Å². The average Bonchev–Trinajstić information content (AvgIpc) is 2.73. The molecule has 0 unspecified atom stereocenters. The molecule has 3 aliphatic heterocycles. The predicted octanol–water partition coefficient (Wildman–Crippen LogP) is 0.883. The molecule has 0 N–H and O–H groups in total. The Labute approximate surface area is 166 Å². The van der Waals surface area contributed by atoms with Gasteiger partial charge in [-0.2, -0.15) is 0 Å². The summed E-state index contributed by atoms with van der Waals surface area (Å²) in [5, 5.41) is 1.26. The van der Waals surface area contributed by atoms with Gasteiger partial charge in [-0.25, -0.2) is 9.56 Å². The minimum absolute atomic E-state index is 0. The van der Waals surface area contributed by atoms with Crippen LogP contribution in [0.15, 0.2) is 40.8 Å². The van der Waals surface area contributed by atoms with Gasteiger partial charge in [-0.1, -0.05) is 0 Å². The van der Waals surface area contributed by atoms with Gasteiger partial charge in [0.2, 0.25) is 5.36 Å². The molecule has 4 nitrogen and oxygen atoms in total. The molecule has 0 aromatic heterocycles. The maximum atomic E-state index is 6.29. The zero-order chi connectivity index (χ0) is 17.3. The van der Waals surface area contributed by atoms with Crippen LogP contribution in [0.4, 0.5) is 5.69 Å². The van der Waals surface area contributed by atoms with Crippen LogP contribution in [-0.4, -0.2) is 31.2 Å². The van der Waals surface area contributed by atoms with E-state index in [1.165, 1.54) is 49.6 Å². The smallest absolute Gasteiger partial charge is 0.203 e. The Hall–Kier alpha value is -2.07. The predicted molar refractivity (Wildman–Crippen MR) is 106 cm³/mol. The molecule has 5 heteroatoms. The van der Waals surface area contributed by atoms with Gasteiger partial charge in [0.05, 0.1) is 6.07 Å². The summed E-state index contributed by atoms with van der Waals surface area (Å²) in [6.07, 6.45) is 7.82. The minimum Gasteiger partial charge on any atom is -1.00 e. The van der Waals surface area contributed by atoms with E-state index in [0.29, 0.717) is 0 Å². The van der Waals surface area contributed by atoms with E-state index in [1.807, 2.05) is 0 Å². The molecule has 27 heavy (non-hydrogen) atoms. The van der Waals surface area contributed by atoms with Crippen LogP contribution in [0.2, 0.25) is 0 Å². The van der Waals surface area contributed by atoms with Crippen molar-refractivity contribution in [3.05, 3.63) is 41.8 Å². The van der Waals surface area contributed by atoms with Gasteiger partial charge in [-0.05, 0) is 43.9 Å². The molecule has 0 amide bonds. The van der Waals surface area contributed by atoms with E-state index in [1.54, 1.807) is 0 Å². The molecule has 0 radical (unpaired) electrons. The van der Waals surface area contributed by atoms with Gasteiger partial charge in [-0.15, -0.1) is 0 Å². The van der Waals surface area contributed by atoms with Crippen molar-refractivity contribution < 1.29 is 16.8 Å². The number of anilines is 1. The highest BCUT2D eigenvalue weighted by molar-refractivity contribution is 5.80. The second-order valence-electron chi connectivity index (χ2n) is 7.61. The fourth-order valence-electron chi connectivity index (χ4n) is 4.30. The molecule has 0 saturated carbocycles. The van der Waals surface area contributed by atoms with Crippen molar-refractivity contribution in [1.82, 2.24) is 9.56 Å². The molecule has 5 rings (SSSR count). The summed E-state index contributed by atoms with van der Waals surface area (Å²) >= 11 is 0. The first kappa shape index (κ1) is 18.3. The molecule has 0 spiro atoms. The van der Waals surface area contributed by atoms with Gasteiger partial charge in [0.1, 0.15) is 24.3 Å². The van der Waals surface area contributed by atoms with Crippen LogP contribution in [-0.2, 0) is 0 Å². The van der Waals surface area contributed by atoms with Gasteiger partial charge in [0.25, 0.3) is 0 Å². The number of aromatic nitrogens is 1. The van der Waals surface area contributed by atoms with Gasteiger partial charge in [-0.3, -0.25) is 0 Å². The number of hydrogen-bond acceptors (Lipinski definition) is 3. The normalized spacial score (nSPS) is 17.9. The largest absolute Gasteiger partial charge is 1.00 e. The van der Waals surface area contributed by atoms with Gasteiger partial charge < -0.3 is 21.7 Å². The summed E-state index contributed by atoms with van der Waals surface area (Å²) in [6, 6.07) is 12.9. The molecule has 0 atom stereocenters. The van der Waals surface area contributed by atoms with Crippen LogP contribution in [0.3, 0.4) is 0 Å². The summed E-state index contributed by atoms with van der Waals surface area (Å²) in [6.45, 7) is 4.58. The Morgan fingerprint density at radius 2 is 1.63 bits per heavy atom. The fourth-order valence-corrected chi connectivity index (χ4v) is 4.30. The average molecular weight is 384 g/mol. The summed E-state index contributed by atoms with van der Waals surface area (Å²) in [7, 11) is 0. The lowest BCUT2D eigenvalue weighted by Gasteiger charge is -2.28. The van der Waals surface area contributed by atoms with Crippen LogP contribution < -0.4 is 27.2 Å². The van der Waals surface area contributed by atoms with E-state index in [2.05, 4.69) is 45.9 Å². The van der Waals surface area contributed by atoms with Crippen molar-refractivity contribution in [1.29, 1.82) is 0 Å². The molecule has 1 aliphatic carbocycles. The highest BCUT2D eigenvalue weighted by Gasteiger charge is 2.16. The Morgan fingerprint density at radius 1 is 0.852 bits per heavy atom. The lowest BCUT2D eigenvalue weighted by atomic mass is 10.1. The Morgan fingerprint density at radius 3 is 2.44 bits per heavy atom. The lowest BCUT2D eigenvalue weighted by molar-refractivity contribution is -0.00000575. The third kappa shape index (κ3) is 3.68. The zero-order valence-corrected chi connectivity index (χ0v) is 16.4. The Kier molecular flexibility index (Phi) is 5.35. The summed E-state index contributed by atoms with van der Waals surface area (Å²) < 4.78 is 8.76. The second-order valence-corrected chi connectivity index (χ2v) is 7.61. The third-order valence-corrected chi connectivity index (χ3v) is 5.79. The van der Waals surface area contributed by atoms with E-state index in [0.717, 1.165) is 48.7 Å². The molecule has 0 bridgehead atoms. The first-order chi connectivity index (χ1) is 12.9. The number of benzene rings is 2. The zero-order valence-electron chi connectivity index (χ0n) is 15.7. The number of piperidine rings is 2. The Balaban J connectivity index is 0.00000180. The second kappa shape index (κ2) is 7.89. The van der Waals surface area contributed by atoms with Gasteiger partial charge >= 0.3 is 0 Å². The first-order valence-electron chi connectivity index (χ1n) is 10.0. The van der Waals surface area contributed by atoms with Crippen molar-refractivity contribution in [2.24, 2.45) is 0 Å². The van der Waals surface area contributed by atoms with Crippen LogP contribution in [0.25, 0.3) is 22.6 Å². The van der Waals surface area contributed by atoms with Crippen LogP contribution in [0, 0.1) is 0 Å². The van der Waals surface area contributed by atoms with E-state index in [4.69, 9.17) is 9.40 Å². The summed E-state index contributed by atoms with van der Waals surface area (Å²) in [5.74, 6) is 0.886. The van der Waals surface area contributed by atoms with Crippen molar-refractivity contribution >= 4 is 16.8 Å². The van der Waals surface area contributed by atoms with E-state index in [9.17, 15) is 0 Å². The number of fused-ring (bicyclic) bond motifs is 2. The Bertz CT molecular complexity index is 967. The highest BCUT2D eigenvalue weighted by atomic mass is 35.5. The maximum absolute atomic E-state index is 6.29. The quantitative estimate of drug-likeness (QED) is 0.462. The molecule has 3 heterocycles. The summed E-state index contributed by atoms with van der Waals surface area (Å²) in [5.41, 5.74) is 4.01. The monoisotopic (exact) mass is 383 g/mol. The van der Waals surface area contributed by atoms with Gasteiger partial charge in [0, 0.05) is 43.8 Å². The van der Waals surface area contributed by atoms with Gasteiger partial charge in [0.15, 0.2) is 11.3 Å². The fraction of sp³-hybridized carbons (Fsp3) is 0.455. The van der Waals surface area contributed by atoms with Crippen LogP contribution in [0.5, 0.6) is 0 Å². The molecule has 2 fully saturated rings. The number of halogens is 1. The van der Waals surface area contributed by atoms with E-state index in [-0.39, 0.29) is 12.4 Å². The number of hydrogen-bond donors (Lipinski definition) is 0. The summed E-state index contributed by atoms with van der Waals surface area (Å²) in [4.78, 5) is 7.28. The SMILES string of the molecule is [Cl-].c1cc2nc3ccc(=[N+]4CCCCC4)cc-3oc2cc1N1CCCCC1. The standard InChI is InChI=1S/C22H26N3O.ClH/c1-3-11-24(12-4-1)17-7-9-19-21(15-17)26-22-16-18(8-10-20(22)23-19)25-13-5-2-6-14-25;/h7-10,15-16H,1-6,11-14H2;1H/q+1;/p-1. The minimum atomic E-state index is 0. The van der Waals surface area contributed by atoms with Crippen molar-refractivity contribution in [2.75, 3.05) is 31.1 Å². The third-order valence-electron chi connectivity index (χ3n) is 5.79. The molecular weight excluding hydrogens is 358 g/mol. The highest BCUT2D eigenvalue weighted by Crippen LogP contribution is 2.28. The maximum Gasteiger partial charge on any atom is 0.203 e. The van der Waals surface area contributed by atoms with E-state index >= 15 is 0 Å². The number of nitrogens with zero attached hydrogens (tertiary/aromatic N) is 3. The molecule has 2 saturated heterocycles. The first-order valence-corrected chi connectivity index (χ1v) is 10.0. The molecule has 142 valence electrons. The van der Waals surface area contributed by atoms with Crippen molar-refractivity contribution in [3.8, 4) is 11.5 Å². The molecule has 1 aromatic carbocycles. The van der Waals surface area contributed by atoms with Crippen LogP contribution >= 0.6 is 0 Å². The number of rotatable bonds is 1. The lowest BCUT2D eigenvalue weighted by Crippen LogP contribution is -3.00. The molecule has 1 aromatic rings. The van der Waals surface area contributed by atoms with Crippen molar-refractivity contribution in [3.63, 3.8) is 0 Å². The van der Waals surface area contributed by atoms with Crippen LogP contribution in [0.1, 0.15) is 38.5 Å².